The van der Waals surface area contributed by atoms with E-state index in [9.17, 15) is 28.4 Å². The molecule has 4 aliphatic rings. The smallest absolute Gasteiger partial charge is 0.146 e. The molecular weight excluding hydrogens is 1470 g/mol. The summed E-state index contributed by atoms with van der Waals surface area (Å²) < 4.78 is 44.0. The third-order valence-electron chi connectivity index (χ3n) is 22.0. The Morgan fingerprint density at radius 1 is 0.419 bits per heavy atom. The predicted octanol–water partition coefficient (Wildman–Crippen LogP) is 13.4. The van der Waals surface area contributed by atoms with Crippen LogP contribution in [0.5, 0.6) is 28.7 Å². The second-order valence-electron chi connectivity index (χ2n) is 33.1. The molecule has 0 aromatic heterocycles. The van der Waals surface area contributed by atoms with E-state index in [1.54, 1.807) is 40.7 Å². The van der Waals surface area contributed by atoms with E-state index in [1.807, 2.05) is 92.4 Å². The maximum absolute atomic E-state index is 13.6. The topological polar surface area (TPSA) is 252 Å². The van der Waals surface area contributed by atoms with Crippen LogP contribution < -0.4 is 76.9 Å². The zero-order chi connectivity index (χ0) is 85.4. The first-order chi connectivity index (χ1) is 56.4. The van der Waals surface area contributed by atoms with Gasteiger partial charge in [-0.15, -0.1) is 0 Å². The Morgan fingerprint density at radius 3 is 1.23 bits per heavy atom. The van der Waals surface area contributed by atoms with Gasteiger partial charge in [0.2, 0.25) is 0 Å². The van der Waals surface area contributed by atoms with Crippen LogP contribution in [0, 0.1) is 35.4 Å². The van der Waals surface area contributed by atoms with Gasteiger partial charge in [0.15, 0.2) is 0 Å². The fourth-order valence-electron chi connectivity index (χ4n) is 14.8. The standard InChI is InChI=1S/C20H30N2O2.C20H34N2O2.C19H29FN2O2.C19H32N2O2.C18H28N2O2/c1-14(23)19(15-8-9-15)22-13-18-11-10-17-6-3-5-16(20(17)24-18)7-4-12-21-2;1-6-15(2)20(17(4)23)22-14-16(3)24-19-12-8-7-10-18(19)11-9-13-21-5;1-13(12-22-19(14(2)23)16-6-7-16)24-18-11-17(20)9-8-15(18)5-4-10-21-3;1-14(2)19(16(4)22)21-13-15(3)23-18-11-7-6-9-17(18)10-8-12-20-5;1-14(21)18(16-9-10-16)20-12-13-22-17-8-4-3-6-15(17)7-5-11-19-2/h3,5-6,15,18-19,21-22H,4,7-13H2,1-2H3;7-8,10,12,15-16,20-22H,6,9,11,13-14H2,1-5H3;8-9,11,13,16,19,21-22H,4-7,10,12H2,1-3H3;6-7,9,11,14-15,19-21H,8,10,12-13H2,1-5H3;3-4,6,8,16,18-20H,5,7,9-13H2,1-2H3/t18?,19-;15?,16-,20+;13-,19-;15-,19+;18-/m11111/s1. The molecule has 0 amide bonds. The minimum atomic E-state index is -0.290. The van der Waals surface area contributed by atoms with E-state index < -0.39 is 0 Å². The van der Waals surface area contributed by atoms with Crippen molar-refractivity contribution in [3.8, 4) is 28.7 Å². The summed E-state index contributed by atoms with van der Waals surface area (Å²) >= 11 is 0. The molecule has 0 bridgehead atoms. The molecule has 1 heterocycles. The van der Waals surface area contributed by atoms with Crippen LogP contribution in [0.25, 0.3) is 0 Å². The second kappa shape index (κ2) is 57.3. The molecule has 0 radical (unpaired) electrons. The number of nitrogens with one attached hydrogen (secondary N) is 10. The molecule has 2 unspecified atom stereocenters. The number of hydrogen-bond donors (Lipinski definition) is 10. The van der Waals surface area contributed by atoms with Crippen molar-refractivity contribution in [1.29, 1.82) is 0 Å². The van der Waals surface area contributed by atoms with E-state index in [-0.39, 0.29) is 95.3 Å². The number of halogens is 1. The van der Waals surface area contributed by atoms with Gasteiger partial charge in [-0.05, 0) is 326 Å². The molecule has 3 fully saturated rings. The molecule has 0 spiro atoms. The predicted molar refractivity (Wildman–Crippen MR) is 477 cm³/mol. The molecule has 10 atom stereocenters. The summed E-state index contributed by atoms with van der Waals surface area (Å²) in [5.74, 6) is 7.53. The number of carbonyl (C=O) groups excluding carboxylic acids is 5. The molecule has 5 aromatic rings. The second-order valence-corrected chi connectivity index (χ2v) is 33.1. The fraction of sp³-hybridized carbons (Fsp3) is 0.635. The van der Waals surface area contributed by atoms with Crippen molar-refractivity contribution in [2.75, 3.05) is 107 Å². The Balaban J connectivity index is 0.000000261. The number of para-hydroxylation sites is 4. The third-order valence-corrected chi connectivity index (χ3v) is 22.0. The van der Waals surface area contributed by atoms with E-state index in [2.05, 4.69) is 135 Å². The van der Waals surface area contributed by atoms with Gasteiger partial charge in [0.25, 0.3) is 0 Å². The maximum atomic E-state index is 13.6. The van der Waals surface area contributed by atoms with Crippen molar-refractivity contribution < 1.29 is 52.0 Å². The summed E-state index contributed by atoms with van der Waals surface area (Å²) in [6.45, 7) is 31.6. The van der Waals surface area contributed by atoms with Crippen LogP contribution in [0.3, 0.4) is 0 Å². The molecular formula is C96H153FN10O10. The lowest BCUT2D eigenvalue weighted by molar-refractivity contribution is -0.121. The number of benzene rings is 5. The first-order valence-electron chi connectivity index (χ1n) is 44.2. The highest BCUT2D eigenvalue weighted by Crippen LogP contribution is 2.37. The Morgan fingerprint density at radius 2 is 0.803 bits per heavy atom. The zero-order valence-corrected chi connectivity index (χ0v) is 74.6. The van der Waals surface area contributed by atoms with E-state index in [0.29, 0.717) is 62.2 Å². The normalized spacial score (nSPS) is 16.4. The van der Waals surface area contributed by atoms with Crippen LogP contribution in [0.15, 0.2) is 109 Å². The Hall–Kier alpha value is -7.02. The van der Waals surface area contributed by atoms with Crippen LogP contribution in [-0.2, 0) is 62.5 Å². The fourth-order valence-corrected chi connectivity index (χ4v) is 14.8. The number of fused-ring (bicyclic) bond motifs is 1. The SMILES string of the molecule is CCC(C)[C@H](NC[C@@H](C)Oc1ccccc1CCCNC)C(C)=O.CNCCCc1ccc(F)cc1O[C@H](C)CN[C@H](C(C)=O)C1CC1.CNCCCc1cccc2c1OC(CN[C@H](C(C)=O)C1CC1)CC2.CNCCCc1ccccc1OCCN[C@H](C(C)=O)C1CC1.CNCCCc1ccccc1O[C@H](C)CN[C@H](C(C)=O)C(C)C. The van der Waals surface area contributed by atoms with Gasteiger partial charge in [0.05, 0.1) is 30.2 Å². The summed E-state index contributed by atoms with van der Waals surface area (Å²) in [5, 5.41) is 32.6. The van der Waals surface area contributed by atoms with Gasteiger partial charge in [-0.3, -0.25) is 24.0 Å². The first-order valence-corrected chi connectivity index (χ1v) is 44.2. The summed E-state index contributed by atoms with van der Waals surface area (Å²) in [6, 6.07) is 35.7. The molecule has 654 valence electrons. The van der Waals surface area contributed by atoms with Crippen molar-refractivity contribution >= 4 is 28.9 Å². The van der Waals surface area contributed by atoms with Gasteiger partial charge in [0, 0.05) is 38.8 Å². The minimum Gasteiger partial charge on any atom is -0.492 e. The largest absolute Gasteiger partial charge is 0.492 e. The van der Waals surface area contributed by atoms with E-state index in [4.69, 9.17) is 23.7 Å². The number of rotatable bonds is 54. The summed E-state index contributed by atoms with van der Waals surface area (Å²) in [6.07, 6.45) is 20.4. The van der Waals surface area contributed by atoms with Crippen molar-refractivity contribution in [1.82, 2.24) is 53.2 Å². The molecule has 0 saturated heterocycles. The number of ether oxygens (including phenoxy) is 5. The van der Waals surface area contributed by atoms with Gasteiger partial charge < -0.3 is 76.9 Å². The molecule has 10 N–H and O–H groups in total. The van der Waals surface area contributed by atoms with Crippen molar-refractivity contribution in [3.05, 3.63) is 148 Å². The molecule has 21 heteroatoms. The lowest BCUT2D eigenvalue weighted by Gasteiger charge is -2.29. The maximum Gasteiger partial charge on any atom is 0.146 e. The van der Waals surface area contributed by atoms with Crippen LogP contribution >= 0.6 is 0 Å². The number of hydrogen-bond acceptors (Lipinski definition) is 20. The molecule has 9 rings (SSSR count). The van der Waals surface area contributed by atoms with Crippen molar-refractivity contribution in [2.45, 2.75) is 260 Å². The Labute approximate surface area is 704 Å². The van der Waals surface area contributed by atoms with Gasteiger partial charge in [-0.2, -0.15) is 0 Å². The van der Waals surface area contributed by atoms with E-state index in [0.717, 1.165) is 164 Å². The summed E-state index contributed by atoms with van der Waals surface area (Å²) in [5.41, 5.74) is 7.40. The molecule has 1 aliphatic heterocycles. The number of carbonyl (C=O) groups is 5. The Kier molecular flexibility index (Phi) is 49.2. The van der Waals surface area contributed by atoms with Gasteiger partial charge >= 0.3 is 0 Å². The van der Waals surface area contributed by atoms with Gasteiger partial charge in [-0.1, -0.05) is 113 Å². The van der Waals surface area contributed by atoms with E-state index >= 15 is 0 Å². The summed E-state index contributed by atoms with van der Waals surface area (Å²) in [4.78, 5) is 58.5. The molecule has 5 aromatic carbocycles. The van der Waals surface area contributed by atoms with Crippen LogP contribution in [0.2, 0.25) is 0 Å². The van der Waals surface area contributed by atoms with Crippen LogP contribution in [0.1, 0.15) is 200 Å². The highest BCUT2D eigenvalue weighted by molar-refractivity contribution is 5.83. The lowest BCUT2D eigenvalue weighted by Crippen LogP contribution is -2.44. The molecule has 3 aliphatic carbocycles. The van der Waals surface area contributed by atoms with Crippen LogP contribution in [-0.4, -0.2) is 191 Å². The molecule has 20 nitrogen and oxygen atoms in total. The highest BCUT2D eigenvalue weighted by Gasteiger charge is 2.37. The monoisotopic (exact) mass is 1630 g/mol. The third kappa shape index (κ3) is 39.8. The van der Waals surface area contributed by atoms with Gasteiger partial charge in [0.1, 0.15) is 94.5 Å². The summed E-state index contributed by atoms with van der Waals surface area (Å²) in [7, 11) is 9.82. The first kappa shape index (κ1) is 101. The zero-order valence-electron chi connectivity index (χ0n) is 74.6. The quantitative estimate of drug-likeness (QED) is 0.0162. The number of Topliss-reactive ketones (excluding diaryl/α,β-unsaturated/α-hetero) is 5. The number of ketones is 5. The average molecular weight is 1630 g/mol. The molecule has 3 saturated carbocycles. The van der Waals surface area contributed by atoms with Gasteiger partial charge in [-0.25, -0.2) is 4.39 Å². The molecule has 117 heavy (non-hydrogen) atoms. The lowest BCUT2D eigenvalue weighted by atomic mass is 9.96. The van der Waals surface area contributed by atoms with Crippen molar-refractivity contribution in [2.24, 2.45) is 29.6 Å². The Bertz CT molecular complexity index is 3630. The minimum absolute atomic E-state index is 0.0149. The average Bonchev–Trinajstić information content (AvgIpc) is 1.00. The van der Waals surface area contributed by atoms with Crippen molar-refractivity contribution in [3.63, 3.8) is 0 Å². The van der Waals surface area contributed by atoms with E-state index in [1.165, 1.54) is 65.6 Å². The number of aryl methyl sites for hydroxylation is 6. The van der Waals surface area contributed by atoms with Crippen LogP contribution in [0.4, 0.5) is 4.39 Å². The highest BCUT2D eigenvalue weighted by atomic mass is 19.1.